The number of benzene rings is 1. The van der Waals surface area contributed by atoms with Crippen molar-refractivity contribution in [3.05, 3.63) is 68.2 Å². The molecule has 1 N–H and O–H groups in total. The van der Waals surface area contributed by atoms with E-state index < -0.39 is 71.9 Å². The highest BCUT2D eigenvalue weighted by atomic mass is 19.1. The summed E-state index contributed by atoms with van der Waals surface area (Å²) in [6, 6.07) is 5.02. The Bertz CT molecular complexity index is 1300. The fraction of sp³-hybridized carbons (Fsp3) is 0.364. The zero-order chi connectivity index (χ0) is 25.4. The third kappa shape index (κ3) is 4.49. The molecule has 35 heavy (non-hydrogen) atoms. The maximum atomic E-state index is 13.9. The number of hydrogen-bond acceptors (Lipinski definition) is 9. The van der Waals surface area contributed by atoms with Gasteiger partial charge in [0.05, 0.1) is 23.4 Å². The van der Waals surface area contributed by atoms with Gasteiger partial charge in [-0.15, -0.1) is 0 Å². The summed E-state index contributed by atoms with van der Waals surface area (Å²) in [5.41, 5.74) is -1.93. The average molecular weight is 489 g/mol. The zero-order valence-corrected chi connectivity index (χ0v) is 18.6. The summed E-state index contributed by atoms with van der Waals surface area (Å²) in [6.45, 7) is 1.76. The fourth-order valence-electron chi connectivity index (χ4n) is 4.23. The number of ether oxygens (including phenoxy) is 3. The van der Waals surface area contributed by atoms with Gasteiger partial charge in [-0.1, -0.05) is 12.1 Å². The lowest BCUT2D eigenvalue weighted by atomic mass is 10.0. The highest BCUT2D eigenvalue weighted by Crippen LogP contribution is 2.38. The van der Waals surface area contributed by atoms with Crippen LogP contribution in [0.1, 0.15) is 47.2 Å². The third-order valence-corrected chi connectivity index (χ3v) is 5.66. The van der Waals surface area contributed by atoms with Crippen LogP contribution in [0.2, 0.25) is 0 Å². The lowest BCUT2D eigenvalue weighted by Crippen LogP contribution is -2.51. The molecule has 0 bridgehead atoms. The Morgan fingerprint density at radius 3 is 2.31 bits per heavy atom. The maximum Gasteiger partial charge on any atom is 0.330 e. The van der Waals surface area contributed by atoms with Crippen LogP contribution in [0.25, 0.3) is 0 Å². The Balaban J connectivity index is 1.76. The summed E-state index contributed by atoms with van der Waals surface area (Å²) in [4.78, 5) is 76.0. The van der Waals surface area contributed by atoms with Gasteiger partial charge in [0.25, 0.3) is 17.4 Å². The van der Waals surface area contributed by atoms with Crippen molar-refractivity contribution in [3.8, 4) is 0 Å². The molecule has 4 rings (SSSR count). The van der Waals surface area contributed by atoms with E-state index in [0.717, 1.165) is 23.3 Å². The molecule has 1 aromatic carbocycles. The number of fused-ring (bicyclic) bond motifs is 1. The standard InChI is InChI=1S/C22H20FN3O9/c1-10(27)33-9-16(34-11(2)28)18-15(26-20(30)12-5-3-4-6-13(12)21(26)31)7-17(35-18)25-8-14(23)19(29)24-22(25)32/h3-6,8,15-18H,7,9H2,1-2H3,(H,24,29,32)/t15-,16+,17+,18-/m0/s1. The lowest BCUT2D eigenvalue weighted by Gasteiger charge is -2.31. The first kappa shape index (κ1) is 24.0. The Morgan fingerprint density at radius 2 is 1.74 bits per heavy atom. The van der Waals surface area contributed by atoms with Gasteiger partial charge in [0, 0.05) is 20.3 Å². The van der Waals surface area contributed by atoms with Crippen LogP contribution in [0.3, 0.4) is 0 Å². The predicted molar refractivity (Wildman–Crippen MR) is 113 cm³/mol. The number of hydrogen-bond donors (Lipinski definition) is 1. The normalized spacial score (nSPS) is 22.1. The molecule has 1 aromatic heterocycles. The highest BCUT2D eigenvalue weighted by Gasteiger charge is 2.51. The maximum absolute atomic E-state index is 13.9. The van der Waals surface area contributed by atoms with Gasteiger partial charge in [0.1, 0.15) is 18.9 Å². The zero-order valence-electron chi connectivity index (χ0n) is 18.6. The Morgan fingerprint density at radius 1 is 1.11 bits per heavy atom. The molecule has 1 fully saturated rings. The second-order valence-corrected chi connectivity index (χ2v) is 7.98. The molecule has 1 saturated heterocycles. The Labute approximate surface area is 196 Å². The highest BCUT2D eigenvalue weighted by molar-refractivity contribution is 6.21. The van der Waals surface area contributed by atoms with Gasteiger partial charge in [0.2, 0.25) is 5.82 Å². The van der Waals surface area contributed by atoms with Gasteiger partial charge in [0.15, 0.2) is 6.10 Å². The van der Waals surface area contributed by atoms with Crippen LogP contribution in [-0.4, -0.2) is 63.1 Å². The second-order valence-electron chi connectivity index (χ2n) is 7.98. The number of esters is 2. The number of nitrogens with zero attached hydrogens (tertiary/aromatic N) is 2. The van der Waals surface area contributed by atoms with E-state index in [1.165, 1.54) is 12.1 Å². The number of carbonyl (C=O) groups is 4. The van der Waals surface area contributed by atoms with Crippen molar-refractivity contribution in [3.63, 3.8) is 0 Å². The van der Waals surface area contributed by atoms with Crippen molar-refractivity contribution in [2.45, 2.75) is 44.7 Å². The minimum absolute atomic E-state index is 0.149. The number of imide groups is 1. The van der Waals surface area contributed by atoms with Crippen LogP contribution in [0.4, 0.5) is 4.39 Å². The number of H-pyrrole nitrogens is 1. The van der Waals surface area contributed by atoms with E-state index >= 15 is 0 Å². The smallest absolute Gasteiger partial charge is 0.330 e. The number of carbonyl (C=O) groups excluding carboxylic acids is 4. The molecule has 2 aliphatic heterocycles. The van der Waals surface area contributed by atoms with E-state index in [1.807, 2.05) is 4.98 Å². The number of amides is 2. The number of aromatic amines is 1. The molecule has 3 heterocycles. The van der Waals surface area contributed by atoms with Crippen LogP contribution in [0, 0.1) is 5.82 Å². The number of nitrogens with one attached hydrogen (secondary N) is 1. The van der Waals surface area contributed by atoms with E-state index in [9.17, 15) is 33.2 Å². The summed E-state index contributed by atoms with van der Waals surface area (Å²) in [5, 5.41) is 0. The molecule has 0 radical (unpaired) electrons. The van der Waals surface area contributed by atoms with Gasteiger partial charge in [-0.25, -0.2) is 4.79 Å². The van der Waals surface area contributed by atoms with Gasteiger partial charge in [-0.3, -0.25) is 38.4 Å². The van der Waals surface area contributed by atoms with Crippen molar-refractivity contribution in [1.29, 1.82) is 0 Å². The van der Waals surface area contributed by atoms with Crippen molar-refractivity contribution in [2.24, 2.45) is 0 Å². The van der Waals surface area contributed by atoms with E-state index in [0.29, 0.717) is 6.20 Å². The molecule has 12 nitrogen and oxygen atoms in total. The molecular weight excluding hydrogens is 469 g/mol. The quantitative estimate of drug-likeness (QED) is 0.440. The number of aromatic nitrogens is 2. The molecule has 13 heteroatoms. The van der Waals surface area contributed by atoms with Gasteiger partial charge < -0.3 is 14.2 Å². The van der Waals surface area contributed by atoms with Crippen LogP contribution in [0.5, 0.6) is 0 Å². The Hall–Kier alpha value is -4.13. The first-order chi connectivity index (χ1) is 16.6. The van der Waals surface area contributed by atoms with Gasteiger partial charge in [-0.05, 0) is 12.1 Å². The molecule has 184 valence electrons. The van der Waals surface area contributed by atoms with E-state index in [-0.39, 0.29) is 17.5 Å². The van der Waals surface area contributed by atoms with Crippen LogP contribution in [-0.2, 0) is 23.8 Å². The first-order valence-corrected chi connectivity index (χ1v) is 10.5. The Kier molecular flexibility index (Phi) is 6.35. The van der Waals surface area contributed by atoms with Crippen LogP contribution >= 0.6 is 0 Å². The van der Waals surface area contributed by atoms with Gasteiger partial charge in [-0.2, -0.15) is 4.39 Å². The molecule has 2 amide bonds. The van der Waals surface area contributed by atoms with Crippen LogP contribution < -0.4 is 11.2 Å². The molecule has 0 unspecified atom stereocenters. The number of rotatable bonds is 6. The lowest BCUT2D eigenvalue weighted by molar-refractivity contribution is -0.169. The minimum Gasteiger partial charge on any atom is -0.462 e. The van der Waals surface area contributed by atoms with Crippen molar-refractivity contribution < 1.29 is 37.8 Å². The largest absolute Gasteiger partial charge is 0.462 e. The molecule has 2 aromatic rings. The van der Waals surface area contributed by atoms with E-state index in [1.54, 1.807) is 12.1 Å². The topological polar surface area (TPSA) is 154 Å². The summed E-state index contributed by atoms with van der Waals surface area (Å²) in [5.74, 6) is -3.99. The molecule has 0 aliphatic carbocycles. The fourth-order valence-corrected chi connectivity index (χ4v) is 4.23. The molecule has 0 saturated carbocycles. The van der Waals surface area contributed by atoms with Crippen molar-refractivity contribution >= 4 is 23.8 Å². The summed E-state index contributed by atoms with van der Waals surface area (Å²) in [6.07, 6.45) is -3.37. The monoisotopic (exact) mass is 489 g/mol. The first-order valence-electron chi connectivity index (χ1n) is 10.5. The summed E-state index contributed by atoms with van der Waals surface area (Å²) < 4.78 is 30.9. The van der Waals surface area contributed by atoms with Crippen molar-refractivity contribution in [1.82, 2.24) is 14.5 Å². The molecule has 0 spiro atoms. The second kappa shape index (κ2) is 9.25. The van der Waals surface area contributed by atoms with E-state index in [2.05, 4.69) is 0 Å². The van der Waals surface area contributed by atoms with Crippen molar-refractivity contribution in [2.75, 3.05) is 6.61 Å². The van der Waals surface area contributed by atoms with Crippen LogP contribution in [0.15, 0.2) is 40.1 Å². The molecule has 4 atom stereocenters. The molecular formula is C22H20FN3O9. The minimum atomic E-state index is -1.28. The summed E-state index contributed by atoms with van der Waals surface area (Å²) >= 11 is 0. The molecule has 2 aliphatic rings. The summed E-state index contributed by atoms with van der Waals surface area (Å²) in [7, 11) is 0. The SMILES string of the molecule is CC(=O)OC[C@@H](OC(C)=O)[C@H]1O[C@@H](n2cc(F)c(=O)[nH]c2=O)C[C@@H]1N1C(=O)c2ccccc2C1=O. The van der Waals surface area contributed by atoms with Gasteiger partial charge >= 0.3 is 17.6 Å². The number of halogens is 1. The van der Waals surface area contributed by atoms with E-state index in [4.69, 9.17) is 14.2 Å². The third-order valence-electron chi connectivity index (χ3n) is 5.66. The predicted octanol–water partition coefficient (Wildman–Crippen LogP) is 0.123. The average Bonchev–Trinajstić information content (AvgIpc) is 3.33.